The summed E-state index contributed by atoms with van der Waals surface area (Å²) < 4.78 is 0. The summed E-state index contributed by atoms with van der Waals surface area (Å²) in [5.41, 5.74) is 3.22. The largest absolute Gasteiger partial charge is 0.306 e. The van der Waals surface area contributed by atoms with E-state index in [1.807, 2.05) is 13.8 Å². The van der Waals surface area contributed by atoms with E-state index in [9.17, 15) is 4.79 Å². The van der Waals surface area contributed by atoms with Crippen LogP contribution in [0.25, 0.3) is 0 Å². The first-order chi connectivity index (χ1) is 4.63. The Bertz CT molecular complexity index is 190. The van der Waals surface area contributed by atoms with Crippen LogP contribution in [0.15, 0.2) is 5.10 Å². The summed E-state index contributed by atoms with van der Waals surface area (Å²) in [5.74, 6) is 0.130. The summed E-state index contributed by atoms with van der Waals surface area (Å²) in [4.78, 5) is 10.6. The number of carbonyl (C=O) groups excluding carboxylic acids is 1. The van der Waals surface area contributed by atoms with Crippen LogP contribution >= 0.6 is 11.6 Å². The molecule has 0 aromatic rings. The molecule has 0 aromatic heterocycles. The van der Waals surface area contributed by atoms with Gasteiger partial charge in [-0.3, -0.25) is 4.79 Å². The third kappa shape index (κ3) is 1.14. The zero-order chi connectivity index (χ0) is 7.72. The van der Waals surface area contributed by atoms with Crippen LogP contribution in [0.4, 0.5) is 0 Å². The highest BCUT2D eigenvalue weighted by Crippen LogP contribution is 2.13. The number of rotatable bonds is 1. The molecule has 4 heteroatoms. The summed E-state index contributed by atoms with van der Waals surface area (Å²) >= 11 is 5.23. The number of hydrogen-bond acceptors (Lipinski definition) is 3. The van der Waals surface area contributed by atoms with E-state index in [0.717, 1.165) is 0 Å². The van der Waals surface area contributed by atoms with Crippen molar-refractivity contribution in [1.82, 2.24) is 5.43 Å². The first kappa shape index (κ1) is 7.54. The third-order valence-corrected chi connectivity index (χ3v) is 1.96. The SMILES string of the molecule is C[C@H]1NN=C(C(=O)Cl)[C@@H]1C. The normalized spacial score (nSPS) is 31.3. The molecule has 2 atom stereocenters. The molecule has 56 valence electrons. The first-order valence-corrected chi connectivity index (χ1v) is 3.53. The van der Waals surface area contributed by atoms with Crippen molar-refractivity contribution in [3.63, 3.8) is 0 Å². The molecule has 0 saturated heterocycles. The number of nitrogens with one attached hydrogen (secondary N) is 1. The number of halogens is 1. The topological polar surface area (TPSA) is 41.5 Å². The molecule has 0 radical (unpaired) electrons. The van der Waals surface area contributed by atoms with Gasteiger partial charge in [0.2, 0.25) is 0 Å². The molecule has 1 aliphatic rings. The Morgan fingerprint density at radius 1 is 1.70 bits per heavy atom. The lowest BCUT2D eigenvalue weighted by atomic mass is 10.0. The minimum absolute atomic E-state index is 0.130. The van der Waals surface area contributed by atoms with E-state index >= 15 is 0 Å². The molecule has 1 aliphatic heterocycles. The van der Waals surface area contributed by atoms with Crippen molar-refractivity contribution in [3.8, 4) is 0 Å². The van der Waals surface area contributed by atoms with Gasteiger partial charge in [-0.15, -0.1) is 0 Å². The van der Waals surface area contributed by atoms with Crippen LogP contribution in [0, 0.1) is 5.92 Å². The Morgan fingerprint density at radius 2 is 2.30 bits per heavy atom. The standard InChI is InChI=1S/C6H9ClN2O/c1-3-4(2)8-9-5(3)6(7)10/h3-4,8H,1-2H3/t3-,4-/m1/s1. The van der Waals surface area contributed by atoms with Gasteiger partial charge < -0.3 is 5.43 Å². The van der Waals surface area contributed by atoms with Crippen molar-refractivity contribution in [1.29, 1.82) is 0 Å². The maximum Gasteiger partial charge on any atom is 0.268 e. The van der Waals surface area contributed by atoms with Crippen LogP contribution in [0.2, 0.25) is 0 Å². The molecule has 0 aliphatic carbocycles. The second kappa shape index (κ2) is 2.58. The molecule has 0 fully saturated rings. The highest BCUT2D eigenvalue weighted by molar-refractivity contribution is 6.82. The van der Waals surface area contributed by atoms with Gasteiger partial charge in [-0.05, 0) is 18.5 Å². The minimum atomic E-state index is -0.454. The second-order valence-corrected chi connectivity index (χ2v) is 2.82. The molecule has 1 rings (SSSR count). The van der Waals surface area contributed by atoms with E-state index < -0.39 is 5.24 Å². The van der Waals surface area contributed by atoms with Gasteiger partial charge in [-0.25, -0.2) is 0 Å². The minimum Gasteiger partial charge on any atom is -0.306 e. The van der Waals surface area contributed by atoms with Gasteiger partial charge in [-0.2, -0.15) is 5.10 Å². The highest BCUT2D eigenvalue weighted by Gasteiger charge is 2.27. The molecular weight excluding hydrogens is 152 g/mol. The van der Waals surface area contributed by atoms with Crippen molar-refractivity contribution in [2.75, 3.05) is 0 Å². The van der Waals surface area contributed by atoms with Crippen LogP contribution in [-0.2, 0) is 4.79 Å². The highest BCUT2D eigenvalue weighted by atomic mass is 35.5. The van der Waals surface area contributed by atoms with E-state index in [-0.39, 0.29) is 12.0 Å². The zero-order valence-electron chi connectivity index (χ0n) is 5.89. The predicted octanol–water partition coefficient (Wildman–Crippen LogP) is 0.736. The van der Waals surface area contributed by atoms with E-state index in [4.69, 9.17) is 11.6 Å². The molecule has 0 unspecified atom stereocenters. The van der Waals surface area contributed by atoms with E-state index in [0.29, 0.717) is 5.71 Å². The van der Waals surface area contributed by atoms with Gasteiger partial charge in [0, 0.05) is 12.0 Å². The van der Waals surface area contributed by atoms with Crippen molar-refractivity contribution in [3.05, 3.63) is 0 Å². The van der Waals surface area contributed by atoms with Gasteiger partial charge in [-0.1, -0.05) is 6.92 Å². The van der Waals surface area contributed by atoms with Gasteiger partial charge >= 0.3 is 0 Å². The van der Waals surface area contributed by atoms with E-state index in [1.54, 1.807) is 0 Å². The van der Waals surface area contributed by atoms with Gasteiger partial charge in [0.05, 0.1) is 0 Å². The van der Waals surface area contributed by atoms with Crippen molar-refractivity contribution < 1.29 is 4.79 Å². The van der Waals surface area contributed by atoms with Crippen molar-refractivity contribution in [2.45, 2.75) is 19.9 Å². The summed E-state index contributed by atoms with van der Waals surface area (Å²) in [6.07, 6.45) is 0. The second-order valence-electron chi connectivity index (χ2n) is 2.48. The maximum absolute atomic E-state index is 10.6. The molecule has 0 bridgehead atoms. The number of carbonyl (C=O) groups is 1. The van der Waals surface area contributed by atoms with Gasteiger partial charge in [0.1, 0.15) is 5.71 Å². The third-order valence-electron chi connectivity index (χ3n) is 1.77. The van der Waals surface area contributed by atoms with Crippen LogP contribution in [0.1, 0.15) is 13.8 Å². The molecule has 0 aromatic carbocycles. The fourth-order valence-electron chi connectivity index (χ4n) is 0.845. The van der Waals surface area contributed by atoms with Crippen LogP contribution < -0.4 is 5.43 Å². The summed E-state index contributed by atoms with van der Waals surface area (Å²) in [6, 6.07) is 0.220. The van der Waals surface area contributed by atoms with Crippen LogP contribution in [0.3, 0.4) is 0 Å². The first-order valence-electron chi connectivity index (χ1n) is 3.16. The molecule has 3 nitrogen and oxygen atoms in total. The molecule has 1 heterocycles. The lowest BCUT2D eigenvalue weighted by Crippen LogP contribution is -2.25. The zero-order valence-corrected chi connectivity index (χ0v) is 6.64. The summed E-state index contributed by atoms with van der Waals surface area (Å²) in [5, 5.41) is 3.33. The molecule has 0 spiro atoms. The Kier molecular flexibility index (Phi) is 1.94. The van der Waals surface area contributed by atoms with Crippen LogP contribution in [-0.4, -0.2) is 17.0 Å². The summed E-state index contributed by atoms with van der Waals surface area (Å²) in [7, 11) is 0. The Hall–Kier alpha value is -0.570. The Balaban J connectivity index is 2.72. The van der Waals surface area contributed by atoms with Crippen molar-refractivity contribution >= 4 is 22.6 Å². The van der Waals surface area contributed by atoms with E-state index in [2.05, 4.69) is 10.5 Å². The fraction of sp³-hybridized carbons (Fsp3) is 0.667. The van der Waals surface area contributed by atoms with Gasteiger partial charge in [0.15, 0.2) is 0 Å². The quantitative estimate of drug-likeness (QED) is 0.575. The average molecular weight is 161 g/mol. The fourth-order valence-corrected chi connectivity index (χ4v) is 1.06. The van der Waals surface area contributed by atoms with Crippen molar-refractivity contribution in [2.24, 2.45) is 11.0 Å². The molecule has 1 N–H and O–H groups in total. The number of nitrogens with zero attached hydrogens (tertiary/aromatic N) is 1. The molecule has 10 heavy (non-hydrogen) atoms. The van der Waals surface area contributed by atoms with Gasteiger partial charge in [0.25, 0.3) is 5.24 Å². The Morgan fingerprint density at radius 3 is 2.50 bits per heavy atom. The smallest absolute Gasteiger partial charge is 0.268 e. The molecule has 0 saturated carbocycles. The molecule has 0 amide bonds. The maximum atomic E-state index is 10.6. The number of hydrazone groups is 1. The monoisotopic (exact) mass is 160 g/mol. The van der Waals surface area contributed by atoms with E-state index in [1.165, 1.54) is 0 Å². The lowest BCUT2D eigenvalue weighted by Gasteiger charge is -2.07. The van der Waals surface area contributed by atoms with Crippen LogP contribution in [0.5, 0.6) is 0 Å². The molecular formula is C6H9ClN2O. The Labute approximate surface area is 64.4 Å². The number of hydrogen-bond donors (Lipinski definition) is 1. The predicted molar refractivity (Wildman–Crippen MR) is 40.1 cm³/mol. The summed E-state index contributed by atoms with van der Waals surface area (Å²) in [6.45, 7) is 3.88. The average Bonchev–Trinajstić information content (AvgIpc) is 2.14. The lowest BCUT2D eigenvalue weighted by molar-refractivity contribution is -0.106.